The van der Waals surface area contributed by atoms with Crippen LogP contribution in [0.5, 0.6) is 0 Å². The molecule has 7 heteroatoms. The summed E-state index contributed by atoms with van der Waals surface area (Å²) in [6, 6.07) is 5.85. The van der Waals surface area contributed by atoms with E-state index < -0.39 is 5.60 Å². The molecule has 164 valence electrons. The van der Waals surface area contributed by atoms with E-state index >= 15 is 0 Å². The van der Waals surface area contributed by atoms with Gasteiger partial charge in [-0.15, -0.1) is 0 Å². The average Bonchev–Trinajstić information content (AvgIpc) is 3.33. The largest absolute Gasteiger partial charge is 0.443 e. The lowest BCUT2D eigenvalue weighted by molar-refractivity contribution is -0.146. The summed E-state index contributed by atoms with van der Waals surface area (Å²) in [5.41, 5.74) is 3.14. The first-order valence-corrected chi connectivity index (χ1v) is 10.8. The summed E-state index contributed by atoms with van der Waals surface area (Å²) in [6.07, 6.45) is 6.38. The molecule has 4 rings (SSSR count). The summed E-state index contributed by atoms with van der Waals surface area (Å²) in [7, 11) is 0. The molecule has 1 saturated heterocycles. The van der Waals surface area contributed by atoms with E-state index in [-0.39, 0.29) is 17.7 Å². The van der Waals surface area contributed by atoms with E-state index in [4.69, 9.17) is 4.42 Å². The number of benzene rings is 1. The molecular weight excluding hydrogens is 394 g/mol. The number of para-hydroxylation sites is 1. The third-order valence-corrected chi connectivity index (χ3v) is 6.12. The minimum absolute atomic E-state index is 0.0313. The van der Waals surface area contributed by atoms with E-state index in [9.17, 15) is 14.7 Å². The molecule has 2 aliphatic rings. The SMILES string of the molecule is C/C(=C\C=C(\c1cccc2ocnc12)C(C)C)C(=O)N1CCN(C(=O)C2(O)CC2)CC1. The van der Waals surface area contributed by atoms with Crippen LogP contribution in [0.4, 0.5) is 0 Å². The maximum absolute atomic E-state index is 12.9. The molecular formula is C24H29N3O4. The van der Waals surface area contributed by atoms with E-state index in [0.29, 0.717) is 44.6 Å². The quantitative estimate of drug-likeness (QED) is 0.590. The molecule has 0 unspecified atom stereocenters. The summed E-state index contributed by atoms with van der Waals surface area (Å²) >= 11 is 0. The number of hydrogen-bond acceptors (Lipinski definition) is 5. The van der Waals surface area contributed by atoms with Crippen LogP contribution in [-0.4, -0.2) is 63.5 Å². The van der Waals surface area contributed by atoms with Crippen molar-refractivity contribution >= 4 is 28.5 Å². The second-order valence-electron chi connectivity index (χ2n) is 8.75. The van der Waals surface area contributed by atoms with Gasteiger partial charge in [0.15, 0.2) is 12.0 Å². The van der Waals surface area contributed by atoms with Gasteiger partial charge in [0.2, 0.25) is 5.91 Å². The van der Waals surface area contributed by atoms with E-state index in [1.54, 1.807) is 9.80 Å². The first-order valence-electron chi connectivity index (χ1n) is 10.8. The van der Waals surface area contributed by atoms with Crippen LogP contribution in [0.25, 0.3) is 16.7 Å². The molecule has 1 aliphatic heterocycles. The Bertz CT molecular complexity index is 1050. The van der Waals surface area contributed by atoms with Crippen molar-refractivity contribution in [1.29, 1.82) is 0 Å². The minimum atomic E-state index is -1.15. The Morgan fingerprint density at radius 2 is 1.81 bits per heavy atom. The number of aromatic nitrogens is 1. The number of rotatable bonds is 5. The lowest BCUT2D eigenvalue weighted by Crippen LogP contribution is -2.53. The van der Waals surface area contributed by atoms with Gasteiger partial charge >= 0.3 is 0 Å². The fourth-order valence-corrected chi connectivity index (χ4v) is 3.99. The molecule has 31 heavy (non-hydrogen) atoms. The van der Waals surface area contributed by atoms with Gasteiger partial charge in [0, 0.05) is 37.3 Å². The van der Waals surface area contributed by atoms with Crippen LogP contribution in [0, 0.1) is 5.92 Å². The topological polar surface area (TPSA) is 86.9 Å². The lowest BCUT2D eigenvalue weighted by atomic mass is 9.93. The molecule has 0 radical (unpaired) electrons. The molecule has 2 heterocycles. The zero-order valence-corrected chi connectivity index (χ0v) is 18.3. The third-order valence-electron chi connectivity index (χ3n) is 6.12. The Morgan fingerprint density at radius 3 is 2.45 bits per heavy atom. The van der Waals surface area contributed by atoms with Crippen molar-refractivity contribution in [3.05, 3.63) is 47.9 Å². The van der Waals surface area contributed by atoms with Gasteiger partial charge in [-0.25, -0.2) is 4.98 Å². The molecule has 0 atom stereocenters. The highest BCUT2D eigenvalue weighted by Gasteiger charge is 2.50. The number of carbonyl (C=O) groups is 2. The normalized spacial score (nSPS) is 19.3. The third kappa shape index (κ3) is 4.28. The van der Waals surface area contributed by atoms with Crippen LogP contribution in [0.15, 0.2) is 46.7 Å². The van der Waals surface area contributed by atoms with Gasteiger partial charge in [-0.1, -0.05) is 38.1 Å². The molecule has 1 saturated carbocycles. The van der Waals surface area contributed by atoms with Crippen molar-refractivity contribution in [2.75, 3.05) is 26.2 Å². The first-order chi connectivity index (χ1) is 14.8. The number of allylic oxidation sites excluding steroid dienone is 3. The molecule has 2 aromatic rings. The Labute approximate surface area is 182 Å². The van der Waals surface area contributed by atoms with Crippen molar-refractivity contribution in [2.24, 2.45) is 5.92 Å². The van der Waals surface area contributed by atoms with E-state index in [0.717, 1.165) is 22.2 Å². The number of hydrogen-bond donors (Lipinski definition) is 1. The first kappa shape index (κ1) is 21.3. The molecule has 1 aliphatic carbocycles. The van der Waals surface area contributed by atoms with E-state index in [2.05, 4.69) is 18.8 Å². The Morgan fingerprint density at radius 1 is 1.13 bits per heavy atom. The minimum Gasteiger partial charge on any atom is -0.443 e. The van der Waals surface area contributed by atoms with Crippen LogP contribution in [0.1, 0.15) is 39.2 Å². The second-order valence-corrected chi connectivity index (χ2v) is 8.75. The zero-order chi connectivity index (χ0) is 22.2. The highest BCUT2D eigenvalue weighted by Crippen LogP contribution is 2.37. The van der Waals surface area contributed by atoms with Gasteiger partial charge in [-0.05, 0) is 37.3 Å². The maximum atomic E-state index is 12.9. The zero-order valence-electron chi connectivity index (χ0n) is 18.3. The monoisotopic (exact) mass is 423 g/mol. The van der Waals surface area contributed by atoms with Crippen molar-refractivity contribution in [2.45, 2.75) is 39.2 Å². The van der Waals surface area contributed by atoms with E-state index in [1.807, 2.05) is 37.3 Å². The number of nitrogens with zero attached hydrogens (tertiary/aromatic N) is 3. The molecule has 1 aromatic heterocycles. The van der Waals surface area contributed by atoms with E-state index in [1.165, 1.54) is 6.39 Å². The fourth-order valence-electron chi connectivity index (χ4n) is 3.99. The Hall–Kier alpha value is -2.93. The summed E-state index contributed by atoms with van der Waals surface area (Å²) in [5, 5.41) is 10.0. The van der Waals surface area contributed by atoms with Crippen molar-refractivity contribution in [3.63, 3.8) is 0 Å². The van der Waals surface area contributed by atoms with Crippen molar-refractivity contribution < 1.29 is 19.1 Å². The summed E-state index contributed by atoms with van der Waals surface area (Å²) in [4.78, 5) is 33.0. The number of oxazole rings is 1. The number of fused-ring (bicyclic) bond motifs is 1. The fraction of sp³-hybridized carbons (Fsp3) is 0.458. The van der Waals surface area contributed by atoms with Gasteiger partial charge in [-0.2, -0.15) is 0 Å². The predicted octanol–water partition coefficient (Wildman–Crippen LogP) is 3.01. The van der Waals surface area contributed by atoms with Gasteiger partial charge in [0.25, 0.3) is 5.91 Å². The number of aliphatic hydroxyl groups is 1. The highest BCUT2D eigenvalue weighted by atomic mass is 16.3. The number of carbonyl (C=O) groups excluding carboxylic acids is 2. The summed E-state index contributed by atoms with van der Waals surface area (Å²) < 4.78 is 5.42. The molecule has 2 amide bonds. The summed E-state index contributed by atoms with van der Waals surface area (Å²) in [6.45, 7) is 7.91. The van der Waals surface area contributed by atoms with Gasteiger partial charge in [-0.3, -0.25) is 9.59 Å². The van der Waals surface area contributed by atoms with Gasteiger partial charge < -0.3 is 19.3 Å². The second kappa shape index (κ2) is 8.30. The highest BCUT2D eigenvalue weighted by molar-refractivity contribution is 5.94. The smallest absolute Gasteiger partial charge is 0.254 e. The van der Waals surface area contributed by atoms with Crippen molar-refractivity contribution in [3.8, 4) is 0 Å². The Balaban J connectivity index is 1.46. The average molecular weight is 424 g/mol. The molecule has 1 aromatic carbocycles. The Kier molecular flexibility index (Phi) is 5.71. The van der Waals surface area contributed by atoms with Crippen LogP contribution in [0.2, 0.25) is 0 Å². The molecule has 7 nitrogen and oxygen atoms in total. The number of amides is 2. The van der Waals surface area contributed by atoms with Crippen molar-refractivity contribution in [1.82, 2.24) is 14.8 Å². The molecule has 0 spiro atoms. The molecule has 2 fully saturated rings. The standard InChI is InChI=1S/C24H29N3O4/c1-16(2)18(19-5-4-6-20-21(19)25-15-31-20)8-7-17(3)22(28)26-11-13-27(14-12-26)23(29)24(30)9-10-24/h4-8,15-16,30H,9-14H2,1-3H3/b17-7+,18-8+. The van der Waals surface area contributed by atoms with Crippen LogP contribution < -0.4 is 0 Å². The summed E-state index contributed by atoms with van der Waals surface area (Å²) in [5.74, 6) is 0.0128. The van der Waals surface area contributed by atoms with Crippen LogP contribution in [0.3, 0.4) is 0 Å². The van der Waals surface area contributed by atoms with Gasteiger partial charge in [0.1, 0.15) is 11.1 Å². The van der Waals surface area contributed by atoms with Gasteiger partial charge in [0.05, 0.1) is 0 Å². The molecule has 0 bridgehead atoms. The van der Waals surface area contributed by atoms with Crippen LogP contribution in [-0.2, 0) is 9.59 Å². The number of piperazine rings is 1. The predicted molar refractivity (Wildman–Crippen MR) is 118 cm³/mol. The maximum Gasteiger partial charge on any atom is 0.254 e. The molecule has 1 N–H and O–H groups in total. The lowest BCUT2D eigenvalue weighted by Gasteiger charge is -2.36. The van der Waals surface area contributed by atoms with Crippen LogP contribution >= 0.6 is 0 Å².